The second kappa shape index (κ2) is 7.87. The third kappa shape index (κ3) is 4.27. The lowest BCUT2D eigenvalue weighted by molar-refractivity contribution is -0.148. The van der Waals surface area contributed by atoms with Crippen molar-refractivity contribution in [3.8, 4) is 0 Å². The first-order valence-corrected chi connectivity index (χ1v) is 9.48. The summed E-state index contributed by atoms with van der Waals surface area (Å²) in [6, 6.07) is 16.4. The van der Waals surface area contributed by atoms with Crippen molar-refractivity contribution in [3.63, 3.8) is 0 Å². The maximum Gasteiger partial charge on any atom is 0.449 e. The number of carbonyl (C=O) groups excluding carboxylic acids is 1. The number of rotatable bonds is 4. The molecule has 1 aromatic heterocycles. The zero-order chi connectivity index (χ0) is 20.4. The van der Waals surface area contributed by atoms with Crippen molar-refractivity contribution in [2.45, 2.75) is 19.3 Å². The fraction of sp³-hybridized carbons (Fsp3) is 0.333. The number of piperazine rings is 1. The van der Waals surface area contributed by atoms with Gasteiger partial charge in [-0.05, 0) is 17.7 Å². The molecular formula is C21H21F3N4O. The van der Waals surface area contributed by atoms with Gasteiger partial charge in [-0.25, -0.2) is 4.98 Å². The van der Waals surface area contributed by atoms with E-state index >= 15 is 0 Å². The van der Waals surface area contributed by atoms with E-state index in [2.05, 4.69) is 22.0 Å². The molecule has 29 heavy (non-hydrogen) atoms. The number of halogens is 3. The van der Waals surface area contributed by atoms with Crippen molar-refractivity contribution in [3.05, 3.63) is 66.0 Å². The van der Waals surface area contributed by atoms with Crippen LogP contribution in [-0.2, 0) is 24.1 Å². The predicted octanol–water partition coefficient (Wildman–Crippen LogP) is 3.40. The van der Waals surface area contributed by atoms with Gasteiger partial charge in [-0.1, -0.05) is 42.5 Å². The van der Waals surface area contributed by atoms with Gasteiger partial charge < -0.3 is 9.47 Å². The average Bonchev–Trinajstić information content (AvgIpc) is 3.08. The monoisotopic (exact) mass is 402 g/mol. The van der Waals surface area contributed by atoms with Crippen LogP contribution >= 0.6 is 0 Å². The standard InChI is InChI=1S/C21H21F3N4O/c22-21(23,24)20-25-17-8-4-5-9-18(17)28(20)15-19(29)27-12-10-26(11-13-27)14-16-6-2-1-3-7-16/h1-9H,10-15H2. The molecule has 152 valence electrons. The van der Waals surface area contributed by atoms with Crippen molar-refractivity contribution in [1.82, 2.24) is 19.4 Å². The van der Waals surface area contributed by atoms with Crippen LogP contribution in [0.3, 0.4) is 0 Å². The molecule has 0 N–H and O–H groups in total. The SMILES string of the molecule is O=C(Cn1c(C(F)(F)F)nc2ccccc21)N1CCN(Cc2ccccc2)CC1. The average molecular weight is 402 g/mol. The van der Waals surface area contributed by atoms with Crippen LogP contribution in [0.25, 0.3) is 11.0 Å². The van der Waals surface area contributed by atoms with Crippen molar-refractivity contribution >= 4 is 16.9 Å². The molecule has 0 unspecified atom stereocenters. The highest BCUT2D eigenvalue weighted by Crippen LogP contribution is 2.31. The number of carbonyl (C=O) groups is 1. The number of para-hydroxylation sites is 2. The number of hydrogen-bond acceptors (Lipinski definition) is 3. The summed E-state index contributed by atoms with van der Waals surface area (Å²) in [6.45, 7) is 2.81. The normalized spacial score (nSPS) is 15.8. The van der Waals surface area contributed by atoms with Crippen LogP contribution in [0, 0.1) is 0 Å². The fourth-order valence-electron chi connectivity index (χ4n) is 3.68. The summed E-state index contributed by atoms with van der Waals surface area (Å²) in [4.78, 5) is 20.3. The van der Waals surface area contributed by atoms with Crippen LogP contribution in [0.1, 0.15) is 11.4 Å². The number of alkyl halides is 3. The Morgan fingerprint density at radius 3 is 2.28 bits per heavy atom. The van der Waals surface area contributed by atoms with Crippen LogP contribution in [0.2, 0.25) is 0 Å². The lowest BCUT2D eigenvalue weighted by atomic mass is 10.2. The third-order valence-corrected chi connectivity index (χ3v) is 5.18. The Morgan fingerprint density at radius 2 is 1.59 bits per heavy atom. The Kier molecular flexibility index (Phi) is 5.27. The van der Waals surface area contributed by atoms with Crippen LogP contribution in [0.5, 0.6) is 0 Å². The Morgan fingerprint density at radius 1 is 0.931 bits per heavy atom. The van der Waals surface area contributed by atoms with E-state index in [-0.39, 0.29) is 18.0 Å². The van der Waals surface area contributed by atoms with Crippen LogP contribution in [0.15, 0.2) is 54.6 Å². The highest BCUT2D eigenvalue weighted by atomic mass is 19.4. The topological polar surface area (TPSA) is 41.4 Å². The summed E-state index contributed by atoms with van der Waals surface area (Å²) in [7, 11) is 0. The summed E-state index contributed by atoms with van der Waals surface area (Å²) in [5, 5.41) is 0. The fourth-order valence-corrected chi connectivity index (χ4v) is 3.68. The van der Waals surface area contributed by atoms with Crippen molar-refractivity contribution in [1.29, 1.82) is 0 Å². The molecule has 2 heterocycles. The minimum absolute atomic E-state index is 0.236. The lowest BCUT2D eigenvalue weighted by Gasteiger charge is -2.35. The highest BCUT2D eigenvalue weighted by molar-refractivity contribution is 5.81. The molecule has 0 atom stereocenters. The van der Waals surface area contributed by atoms with E-state index in [1.807, 2.05) is 18.2 Å². The first-order valence-electron chi connectivity index (χ1n) is 9.48. The highest BCUT2D eigenvalue weighted by Gasteiger charge is 2.38. The van der Waals surface area contributed by atoms with E-state index in [4.69, 9.17) is 0 Å². The second-order valence-corrected chi connectivity index (χ2v) is 7.15. The maximum absolute atomic E-state index is 13.4. The van der Waals surface area contributed by atoms with E-state index < -0.39 is 12.0 Å². The Hall–Kier alpha value is -2.87. The van der Waals surface area contributed by atoms with Gasteiger partial charge in [-0.3, -0.25) is 9.69 Å². The number of amides is 1. The molecule has 4 rings (SSSR count). The number of fused-ring (bicyclic) bond motifs is 1. The third-order valence-electron chi connectivity index (χ3n) is 5.18. The van der Waals surface area contributed by atoms with Gasteiger partial charge in [0.15, 0.2) is 0 Å². The van der Waals surface area contributed by atoms with Crippen LogP contribution in [-0.4, -0.2) is 51.4 Å². The zero-order valence-electron chi connectivity index (χ0n) is 15.8. The molecule has 0 radical (unpaired) electrons. The minimum Gasteiger partial charge on any atom is -0.339 e. The summed E-state index contributed by atoms with van der Waals surface area (Å²) in [5.74, 6) is -1.35. The van der Waals surface area contributed by atoms with Gasteiger partial charge in [0.2, 0.25) is 11.7 Å². The summed E-state index contributed by atoms with van der Waals surface area (Å²) in [5.41, 5.74) is 1.75. The van der Waals surface area contributed by atoms with Gasteiger partial charge in [-0.2, -0.15) is 13.2 Å². The smallest absolute Gasteiger partial charge is 0.339 e. The molecule has 0 aliphatic carbocycles. The van der Waals surface area contributed by atoms with Gasteiger partial charge >= 0.3 is 6.18 Å². The molecule has 0 spiro atoms. The number of aromatic nitrogens is 2. The van der Waals surface area contributed by atoms with Crippen LogP contribution < -0.4 is 0 Å². The Balaban J connectivity index is 1.44. The molecule has 1 aliphatic rings. The van der Waals surface area contributed by atoms with Crippen LogP contribution in [0.4, 0.5) is 13.2 Å². The molecule has 1 aliphatic heterocycles. The van der Waals surface area contributed by atoms with Gasteiger partial charge in [0.05, 0.1) is 11.0 Å². The predicted molar refractivity (Wildman–Crippen MR) is 103 cm³/mol. The first-order chi connectivity index (χ1) is 13.9. The summed E-state index contributed by atoms with van der Waals surface area (Å²) >= 11 is 0. The molecule has 5 nitrogen and oxygen atoms in total. The first kappa shape index (κ1) is 19.4. The quantitative estimate of drug-likeness (QED) is 0.672. The molecule has 3 aromatic rings. The molecular weight excluding hydrogens is 381 g/mol. The molecule has 2 aromatic carbocycles. The minimum atomic E-state index is -4.62. The van der Waals surface area contributed by atoms with Gasteiger partial charge in [0.25, 0.3) is 0 Å². The Bertz CT molecular complexity index is 992. The summed E-state index contributed by atoms with van der Waals surface area (Å²) in [6.07, 6.45) is -4.62. The van der Waals surface area contributed by atoms with E-state index in [0.29, 0.717) is 31.7 Å². The van der Waals surface area contributed by atoms with Gasteiger partial charge in [0, 0.05) is 32.7 Å². The Labute approximate surface area is 166 Å². The van der Waals surface area contributed by atoms with Crippen molar-refractivity contribution in [2.24, 2.45) is 0 Å². The summed E-state index contributed by atoms with van der Waals surface area (Å²) < 4.78 is 41.2. The van der Waals surface area contributed by atoms with E-state index in [9.17, 15) is 18.0 Å². The van der Waals surface area contributed by atoms with E-state index in [0.717, 1.165) is 11.1 Å². The van der Waals surface area contributed by atoms with E-state index in [1.165, 1.54) is 11.6 Å². The second-order valence-electron chi connectivity index (χ2n) is 7.15. The molecule has 0 saturated carbocycles. The van der Waals surface area contributed by atoms with Gasteiger partial charge in [-0.15, -0.1) is 0 Å². The van der Waals surface area contributed by atoms with E-state index in [1.54, 1.807) is 23.1 Å². The van der Waals surface area contributed by atoms with Crippen molar-refractivity contribution in [2.75, 3.05) is 26.2 Å². The number of imidazole rings is 1. The largest absolute Gasteiger partial charge is 0.449 e. The molecule has 8 heteroatoms. The maximum atomic E-state index is 13.4. The zero-order valence-corrected chi connectivity index (χ0v) is 15.8. The van der Waals surface area contributed by atoms with Crippen molar-refractivity contribution < 1.29 is 18.0 Å². The van der Waals surface area contributed by atoms with Gasteiger partial charge in [0.1, 0.15) is 6.54 Å². The number of benzene rings is 2. The molecule has 1 fully saturated rings. The number of nitrogens with zero attached hydrogens (tertiary/aromatic N) is 4. The lowest BCUT2D eigenvalue weighted by Crippen LogP contribution is -2.49. The number of hydrogen-bond donors (Lipinski definition) is 0. The molecule has 1 saturated heterocycles. The molecule has 0 bridgehead atoms. The molecule has 1 amide bonds.